The van der Waals surface area contributed by atoms with Crippen LogP contribution in [0.3, 0.4) is 0 Å². The van der Waals surface area contributed by atoms with Gasteiger partial charge in [-0.3, -0.25) is 0 Å². The molecule has 46 heavy (non-hydrogen) atoms. The van der Waals surface area contributed by atoms with Crippen LogP contribution in [0.15, 0.2) is 97.2 Å². The molecule has 12 nitrogen and oxygen atoms in total. The van der Waals surface area contributed by atoms with E-state index in [1.807, 2.05) is 20.8 Å². The lowest BCUT2D eigenvalue weighted by Gasteiger charge is -2.24. The van der Waals surface area contributed by atoms with Crippen molar-refractivity contribution in [2.24, 2.45) is 0 Å². The Labute approximate surface area is 264 Å². The van der Waals surface area contributed by atoms with Crippen molar-refractivity contribution in [3.05, 3.63) is 120 Å². The fourth-order valence-electron chi connectivity index (χ4n) is 4.93. The molecule has 1 saturated heterocycles. The first-order valence-electron chi connectivity index (χ1n) is 14.7. The maximum Gasteiger partial charge on any atom is 0.338 e. The molecule has 0 N–H and O–H groups in total. The number of benzene rings is 3. The van der Waals surface area contributed by atoms with Crippen LogP contribution in [0.4, 0.5) is 0 Å². The van der Waals surface area contributed by atoms with Crippen LogP contribution in [0.25, 0.3) is 11.2 Å². The van der Waals surface area contributed by atoms with E-state index in [2.05, 4.69) is 15.3 Å². The van der Waals surface area contributed by atoms with Gasteiger partial charge in [-0.25, -0.2) is 24.4 Å². The topological polar surface area (TPSA) is 145 Å². The van der Waals surface area contributed by atoms with Crippen LogP contribution in [0.5, 0.6) is 0 Å². The van der Waals surface area contributed by atoms with Crippen LogP contribution in [-0.4, -0.2) is 67.8 Å². The summed E-state index contributed by atoms with van der Waals surface area (Å²) in [6.45, 7) is 5.57. The second-order valence-electron chi connectivity index (χ2n) is 11.7. The highest BCUT2D eigenvalue weighted by molar-refractivity contribution is 5.91. The van der Waals surface area contributed by atoms with E-state index in [4.69, 9.17) is 23.9 Å². The van der Waals surface area contributed by atoms with Gasteiger partial charge in [-0.15, -0.1) is 5.10 Å². The van der Waals surface area contributed by atoms with Gasteiger partial charge < -0.3 is 18.9 Å². The third-order valence-corrected chi connectivity index (χ3v) is 7.31. The first-order chi connectivity index (χ1) is 22.2. The Balaban J connectivity index is 1.40. The van der Waals surface area contributed by atoms with Gasteiger partial charge in [0, 0.05) is 5.41 Å². The predicted molar refractivity (Wildman–Crippen MR) is 164 cm³/mol. The molecule has 0 amide bonds. The van der Waals surface area contributed by atoms with Gasteiger partial charge in [-0.2, -0.15) is 4.68 Å². The minimum atomic E-state index is -1.25. The summed E-state index contributed by atoms with van der Waals surface area (Å²) in [4.78, 5) is 48.9. The molecular weight excluding hydrogens is 590 g/mol. The normalized spacial score (nSPS) is 19.5. The number of fused-ring (bicyclic) bond motifs is 1. The monoisotopic (exact) mass is 621 g/mol. The van der Waals surface area contributed by atoms with Gasteiger partial charge >= 0.3 is 17.9 Å². The maximum atomic E-state index is 13.4. The minimum Gasteiger partial charge on any atom is -0.459 e. The highest BCUT2D eigenvalue weighted by Gasteiger charge is 2.52. The van der Waals surface area contributed by atoms with Crippen LogP contribution in [0.1, 0.15) is 63.9 Å². The van der Waals surface area contributed by atoms with Gasteiger partial charge in [-0.05, 0) is 36.4 Å². The van der Waals surface area contributed by atoms with Gasteiger partial charge in [0.15, 0.2) is 29.6 Å². The Hall–Kier alpha value is -5.49. The van der Waals surface area contributed by atoms with E-state index >= 15 is 0 Å². The summed E-state index contributed by atoms with van der Waals surface area (Å²) in [6.07, 6.45) is -3.16. The summed E-state index contributed by atoms with van der Waals surface area (Å²) in [5, 5.41) is 8.48. The maximum absolute atomic E-state index is 13.4. The Morgan fingerprint density at radius 1 is 0.761 bits per heavy atom. The molecule has 0 saturated carbocycles. The van der Waals surface area contributed by atoms with E-state index in [1.54, 1.807) is 97.2 Å². The van der Waals surface area contributed by atoms with E-state index in [1.165, 1.54) is 4.68 Å². The molecule has 0 spiro atoms. The predicted octanol–water partition coefficient (Wildman–Crippen LogP) is 4.72. The zero-order valence-electron chi connectivity index (χ0n) is 25.3. The zero-order chi connectivity index (χ0) is 32.3. The molecule has 3 heterocycles. The van der Waals surface area contributed by atoms with Crippen LogP contribution < -0.4 is 0 Å². The zero-order valence-corrected chi connectivity index (χ0v) is 25.3. The van der Waals surface area contributed by atoms with Gasteiger partial charge in [0.05, 0.1) is 22.9 Å². The molecule has 4 atom stereocenters. The van der Waals surface area contributed by atoms with E-state index in [-0.39, 0.29) is 17.7 Å². The Kier molecular flexibility index (Phi) is 8.53. The fourth-order valence-corrected chi connectivity index (χ4v) is 4.93. The molecule has 6 rings (SSSR count). The van der Waals surface area contributed by atoms with Crippen molar-refractivity contribution in [2.45, 2.75) is 50.7 Å². The van der Waals surface area contributed by atoms with Crippen molar-refractivity contribution in [2.75, 3.05) is 6.61 Å². The van der Waals surface area contributed by atoms with Crippen molar-refractivity contribution in [3.63, 3.8) is 0 Å². The largest absolute Gasteiger partial charge is 0.459 e. The molecule has 1 aliphatic heterocycles. The van der Waals surface area contributed by atoms with E-state index in [0.717, 1.165) is 0 Å². The average Bonchev–Trinajstić information content (AvgIpc) is 3.64. The molecule has 0 radical (unpaired) electrons. The number of rotatable bonds is 8. The smallest absolute Gasteiger partial charge is 0.338 e. The minimum absolute atomic E-state index is 0.271. The number of aromatic nitrogens is 5. The number of nitrogens with zero attached hydrogens (tertiary/aromatic N) is 5. The van der Waals surface area contributed by atoms with Crippen LogP contribution in [0.2, 0.25) is 0 Å². The van der Waals surface area contributed by atoms with E-state index < -0.39 is 47.9 Å². The van der Waals surface area contributed by atoms with Crippen molar-refractivity contribution >= 4 is 29.1 Å². The summed E-state index contributed by atoms with van der Waals surface area (Å²) in [7, 11) is 0. The third kappa shape index (κ3) is 6.47. The number of ether oxygens (including phenoxy) is 4. The fraction of sp³-hybridized carbons (Fsp3) is 0.265. The molecule has 3 aromatic carbocycles. The summed E-state index contributed by atoms with van der Waals surface area (Å²) in [5.74, 6) is -1.45. The molecule has 234 valence electrons. The first kappa shape index (κ1) is 30.5. The average molecular weight is 622 g/mol. The standard InChI is InChI=1S/C34H31N5O7/c1-34(2,3)33-35-19-24-28(36-33)39(38-37-24)29-27(46-32(42)23-17-11-6-12-18-23)26(45-31(41)22-15-9-5-10-16-22)25(44-29)20-43-30(40)21-13-7-4-8-14-21/h4-19,25-27,29H,20H2,1-3H3/t25-,26-,27-,29-/m1/s1. The second kappa shape index (κ2) is 12.9. The quantitative estimate of drug-likeness (QED) is 0.175. The lowest BCUT2D eigenvalue weighted by Crippen LogP contribution is -2.41. The van der Waals surface area contributed by atoms with E-state index in [9.17, 15) is 14.4 Å². The van der Waals surface area contributed by atoms with E-state index in [0.29, 0.717) is 22.6 Å². The number of carbonyl (C=O) groups is 3. The second-order valence-corrected chi connectivity index (χ2v) is 11.7. The molecule has 0 aliphatic carbocycles. The van der Waals surface area contributed by atoms with Crippen molar-refractivity contribution in [3.8, 4) is 0 Å². The Morgan fingerprint density at radius 3 is 1.83 bits per heavy atom. The molecule has 5 aromatic rings. The van der Waals surface area contributed by atoms with Gasteiger partial charge in [-0.1, -0.05) is 80.6 Å². The summed E-state index contributed by atoms with van der Waals surface area (Å²) in [6, 6.07) is 25.2. The molecular formula is C34H31N5O7. The molecule has 12 heteroatoms. The highest BCUT2D eigenvalue weighted by Crippen LogP contribution is 2.36. The van der Waals surface area contributed by atoms with Gasteiger partial charge in [0.2, 0.25) is 0 Å². The van der Waals surface area contributed by atoms with Crippen LogP contribution >= 0.6 is 0 Å². The number of hydrogen-bond acceptors (Lipinski definition) is 11. The number of carbonyl (C=O) groups excluding carboxylic acids is 3. The van der Waals surface area contributed by atoms with Crippen molar-refractivity contribution in [1.82, 2.24) is 25.0 Å². The first-order valence-corrected chi connectivity index (χ1v) is 14.7. The molecule has 0 unspecified atom stereocenters. The Bertz CT molecular complexity index is 1840. The number of esters is 3. The van der Waals surface area contributed by atoms with Gasteiger partial charge in [0.25, 0.3) is 0 Å². The summed E-state index contributed by atoms with van der Waals surface area (Å²) in [5.41, 5.74) is 1.17. The molecule has 2 aromatic heterocycles. The van der Waals surface area contributed by atoms with Crippen LogP contribution in [0, 0.1) is 0 Å². The number of hydrogen-bond donors (Lipinski definition) is 0. The summed E-state index contributed by atoms with van der Waals surface area (Å²) >= 11 is 0. The lowest BCUT2D eigenvalue weighted by molar-refractivity contribution is -0.0661. The highest BCUT2D eigenvalue weighted by atomic mass is 16.7. The van der Waals surface area contributed by atoms with Gasteiger partial charge in [0.1, 0.15) is 18.5 Å². The van der Waals surface area contributed by atoms with Crippen molar-refractivity contribution in [1.29, 1.82) is 0 Å². The lowest BCUT2D eigenvalue weighted by atomic mass is 9.96. The molecule has 1 fully saturated rings. The third-order valence-electron chi connectivity index (χ3n) is 7.31. The summed E-state index contributed by atoms with van der Waals surface area (Å²) < 4.78 is 25.4. The SMILES string of the molecule is CC(C)(C)c1ncc2nnn([C@@H]3O[C@H](COC(=O)c4ccccc4)[C@@H](OC(=O)c4ccccc4)[C@H]3OC(=O)c3ccccc3)c2n1. The Morgan fingerprint density at radius 2 is 1.28 bits per heavy atom. The van der Waals surface area contributed by atoms with Crippen LogP contribution in [-0.2, 0) is 24.4 Å². The van der Waals surface area contributed by atoms with Crippen molar-refractivity contribution < 1.29 is 33.3 Å². The molecule has 0 bridgehead atoms. The molecule has 1 aliphatic rings.